The fourth-order valence-electron chi connectivity index (χ4n) is 0.715. The van der Waals surface area contributed by atoms with Gasteiger partial charge in [-0.1, -0.05) is 0 Å². The molecule has 0 saturated carbocycles. The summed E-state index contributed by atoms with van der Waals surface area (Å²) in [4.78, 5) is 69.9. The van der Waals surface area contributed by atoms with Gasteiger partial charge in [0.05, 0.1) is 0 Å². The Bertz CT molecular complexity index is 397. The van der Waals surface area contributed by atoms with Gasteiger partial charge in [-0.3, -0.25) is 28.8 Å². The molecule has 0 spiro atoms. The monoisotopic (exact) mass is 290 g/mol. The van der Waals surface area contributed by atoms with Crippen molar-refractivity contribution in [3.05, 3.63) is 0 Å². The molecule has 19 heavy (non-hydrogen) atoms. The molecule has 0 aliphatic carbocycles. The minimum atomic E-state index is -3.28. The summed E-state index contributed by atoms with van der Waals surface area (Å²) in [6.07, 6.45) is 0. The molecule has 9 N–H and O–H groups in total. The normalized spacial score (nSPS) is 9.32. The molecule has 0 atom stereocenters. The van der Waals surface area contributed by atoms with E-state index in [0.29, 0.717) is 0 Å². The van der Waals surface area contributed by atoms with Crippen molar-refractivity contribution in [1.82, 2.24) is 14.9 Å². The third-order valence-corrected chi connectivity index (χ3v) is 3.15. The van der Waals surface area contributed by atoms with Crippen molar-refractivity contribution >= 4 is 44.7 Å². The van der Waals surface area contributed by atoms with Gasteiger partial charge in [0.25, 0.3) is 0 Å². The molecule has 0 aliphatic rings. The van der Waals surface area contributed by atoms with E-state index in [2.05, 4.69) is 17.2 Å². The highest BCUT2D eigenvalue weighted by atomic mass is 28.3. The van der Waals surface area contributed by atoms with Crippen LogP contribution in [0, 0.1) is 0 Å². The summed E-state index contributed by atoms with van der Waals surface area (Å²) < 4.78 is 0. The Morgan fingerprint density at radius 2 is 0.789 bits per heavy atom. The van der Waals surface area contributed by atoms with Crippen LogP contribution in [0.5, 0.6) is 0 Å². The molecular weight excluding hydrogens is 280 g/mol. The zero-order chi connectivity index (χ0) is 15.2. The minimum absolute atomic E-state index is 1.34. The largest absolute Gasteiger partial charge is 0.363 e. The highest BCUT2D eigenvalue weighted by molar-refractivity contribution is 6.67. The van der Waals surface area contributed by atoms with Crippen LogP contribution in [0.2, 0.25) is 0 Å². The van der Waals surface area contributed by atoms with E-state index in [1.165, 1.54) is 0 Å². The highest BCUT2D eigenvalue weighted by Gasteiger charge is 2.26. The molecular formula is C6H10N6O6Si. The summed E-state index contributed by atoms with van der Waals surface area (Å²) in [5.74, 6) is -8.24. The molecule has 12 nitrogen and oxygen atoms in total. The van der Waals surface area contributed by atoms with Crippen LogP contribution in [0.15, 0.2) is 0 Å². The predicted molar refractivity (Wildman–Crippen MR) is 59.2 cm³/mol. The summed E-state index contributed by atoms with van der Waals surface area (Å²) in [6, 6.07) is 0. The van der Waals surface area contributed by atoms with Gasteiger partial charge in [0.2, 0.25) is 0 Å². The Balaban J connectivity index is 4.82. The lowest BCUT2D eigenvalue weighted by molar-refractivity contribution is -0.137. The van der Waals surface area contributed by atoms with Crippen LogP contribution in [0.25, 0.3) is 0 Å². The Hall–Kier alpha value is -2.96. The average molecular weight is 290 g/mol. The summed E-state index contributed by atoms with van der Waals surface area (Å²) >= 11 is 0. The van der Waals surface area contributed by atoms with Crippen LogP contribution in [-0.2, 0) is 28.8 Å². The molecule has 0 heterocycles. The maximum atomic E-state index is 11.0. The van der Waals surface area contributed by atoms with E-state index in [1.807, 2.05) is 14.9 Å². The van der Waals surface area contributed by atoms with E-state index in [-0.39, 0.29) is 0 Å². The first kappa shape index (κ1) is 16.0. The molecule has 6 amide bonds. The van der Waals surface area contributed by atoms with Crippen molar-refractivity contribution in [3.63, 3.8) is 0 Å². The molecule has 13 heteroatoms. The predicted octanol–water partition coefficient (Wildman–Crippen LogP) is -6.49. The molecule has 0 aromatic rings. The number of nitrogens with two attached hydrogens (primary N) is 3. The summed E-state index contributed by atoms with van der Waals surface area (Å²) in [6.45, 7) is 0. The maximum absolute atomic E-state index is 11.0. The van der Waals surface area contributed by atoms with Crippen molar-refractivity contribution in [1.29, 1.82) is 0 Å². The van der Waals surface area contributed by atoms with Crippen LogP contribution in [0.4, 0.5) is 0 Å². The zero-order valence-electron chi connectivity index (χ0n) is 9.26. The van der Waals surface area contributed by atoms with E-state index in [0.717, 1.165) is 0 Å². The Morgan fingerprint density at radius 3 is 0.947 bits per heavy atom. The average Bonchev–Trinajstić information content (AvgIpc) is 2.27. The molecule has 0 aromatic heterocycles. The van der Waals surface area contributed by atoms with Crippen LogP contribution < -0.4 is 32.1 Å². The molecule has 0 aliphatic heterocycles. The second kappa shape index (κ2) is 6.69. The minimum Gasteiger partial charge on any atom is -0.361 e. The van der Waals surface area contributed by atoms with Gasteiger partial charge in [-0.15, -0.1) is 0 Å². The van der Waals surface area contributed by atoms with Crippen molar-refractivity contribution in [3.8, 4) is 0 Å². The van der Waals surface area contributed by atoms with Gasteiger partial charge in [0.15, 0.2) is 0 Å². The van der Waals surface area contributed by atoms with E-state index in [9.17, 15) is 28.8 Å². The number of hydrogen-bond acceptors (Lipinski definition) is 6. The molecule has 0 radical (unpaired) electrons. The van der Waals surface area contributed by atoms with E-state index < -0.39 is 44.7 Å². The lowest BCUT2D eigenvalue weighted by Gasteiger charge is -2.16. The summed E-state index contributed by atoms with van der Waals surface area (Å²) in [5.41, 5.74) is 13.9. The Kier molecular flexibility index (Phi) is 5.65. The van der Waals surface area contributed by atoms with Crippen molar-refractivity contribution in [2.24, 2.45) is 17.2 Å². The van der Waals surface area contributed by atoms with Gasteiger partial charge >= 0.3 is 44.7 Å². The molecule has 104 valence electrons. The summed E-state index contributed by atoms with van der Waals surface area (Å²) in [5, 5.41) is 0. The van der Waals surface area contributed by atoms with E-state index >= 15 is 0 Å². The first-order valence-electron chi connectivity index (χ1n) is 4.46. The van der Waals surface area contributed by atoms with Crippen LogP contribution in [-0.4, -0.2) is 44.7 Å². The van der Waals surface area contributed by atoms with Crippen LogP contribution in [0.3, 0.4) is 0 Å². The third kappa shape index (κ3) is 5.77. The molecule has 0 bridgehead atoms. The number of amides is 6. The smallest absolute Gasteiger partial charge is 0.361 e. The SMILES string of the molecule is NC(=O)C(=O)N[SiH](NC(=O)C(N)=O)NC(=O)C(N)=O. The lowest BCUT2D eigenvalue weighted by atomic mass is 10.6. The fourth-order valence-corrected chi connectivity index (χ4v) is 2.14. The van der Waals surface area contributed by atoms with E-state index in [4.69, 9.17) is 0 Å². The first-order chi connectivity index (χ1) is 8.65. The van der Waals surface area contributed by atoms with Crippen LogP contribution >= 0.6 is 0 Å². The number of primary amides is 3. The molecule has 0 aromatic carbocycles. The third-order valence-electron chi connectivity index (χ3n) is 1.50. The van der Waals surface area contributed by atoms with Crippen LogP contribution in [0.1, 0.15) is 0 Å². The zero-order valence-corrected chi connectivity index (χ0v) is 10.4. The first-order valence-corrected chi connectivity index (χ1v) is 6.19. The Morgan fingerprint density at radius 1 is 0.579 bits per heavy atom. The number of carbonyl (C=O) groups excluding carboxylic acids is 6. The topological polar surface area (TPSA) is 217 Å². The maximum Gasteiger partial charge on any atom is 0.363 e. The number of hydrogen-bond donors (Lipinski definition) is 6. The molecule has 0 saturated heterocycles. The molecule has 0 unspecified atom stereocenters. The lowest BCUT2D eigenvalue weighted by Crippen LogP contribution is -2.66. The van der Waals surface area contributed by atoms with Gasteiger partial charge < -0.3 is 32.1 Å². The second-order valence-corrected chi connectivity index (χ2v) is 4.68. The second-order valence-electron chi connectivity index (χ2n) is 2.95. The van der Waals surface area contributed by atoms with Crippen molar-refractivity contribution in [2.45, 2.75) is 0 Å². The van der Waals surface area contributed by atoms with E-state index in [1.54, 1.807) is 0 Å². The standard InChI is InChI=1S/C6H10N6O6Si/c7-1(13)4(16)10-19(11-5(17)2(8)14)12-6(18)3(9)15/h19H,(H2,7,13)(H2,8,14)(H2,9,15)(H,10,16)(H,11,17)(H,12,18). The number of rotatable bonds is 3. The molecule has 0 fully saturated rings. The summed E-state index contributed by atoms with van der Waals surface area (Å²) in [7, 11) is -3.28. The Labute approximate surface area is 106 Å². The van der Waals surface area contributed by atoms with Gasteiger partial charge in [-0.2, -0.15) is 0 Å². The number of nitrogens with one attached hydrogen (secondary N) is 3. The van der Waals surface area contributed by atoms with Crippen molar-refractivity contribution in [2.75, 3.05) is 0 Å². The molecule has 0 rings (SSSR count). The van der Waals surface area contributed by atoms with Gasteiger partial charge in [-0.25, -0.2) is 0 Å². The van der Waals surface area contributed by atoms with Crippen molar-refractivity contribution < 1.29 is 28.8 Å². The highest BCUT2D eigenvalue weighted by Crippen LogP contribution is 1.73. The quantitative estimate of drug-likeness (QED) is 0.219. The fraction of sp³-hybridized carbons (Fsp3) is 0. The van der Waals surface area contributed by atoms with Gasteiger partial charge in [0.1, 0.15) is 0 Å². The van der Waals surface area contributed by atoms with Gasteiger partial charge in [-0.05, 0) is 0 Å². The van der Waals surface area contributed by atoms with Gasteiger partial charge in [0, 0.05) is 0 Å². The number of carbonyl (C=O) groups is 6.